The molecule has 0 bridgehead atoms. The lowest BCUT2D eigenvalue weighted by Crippen LogP contribution is -2.36. The summed E-state index contributed by atoms with van der Waals surface area (Å²) in [5.74, 6) is -0.249. The topological polar surface area (TPSA) is 74.7 Å². The lowest BCUT2D eigenvalue weighted by atomic mass is 9.90. The maximum absolute atomic E-state index is 13.5. The van der Waals surface area contributed by atoms with Gasteiger partial charge in [-0.2, -0.15) is 0 Å². The number of anilines is 1. The number of fused-ring (bicyclic) bond motifs is 3. The molecule has 6 heteroatoms. The van der Waals surface area contributed by atoms with E-state index in [1.165, 1.54) is 22.5 Å². The van der Waals surface area contributed by atoms with Crippen molar-refractivity contribution in [2.45, 2.75) is 17.9 Å². The van der Waals surface area contributed by atoms with Crippen molar-refractivity contribution >= 4 is 22.0 Å². The molecule has 3 aromatic carbocycles. The predicted molar refractivity (Wildman–Crippen MR) is 103 cm³/mol. The SMILES string of the molecule is CC1c2ccccc2-c2ccccc2N1S(=O)(=O)c1ccc(O)c(C=O)c1. The van der Waals surface area contributed by atoms with E-state index in [1.54, 1.807) is 12.1 Å². The molecule has 0 radical (unpaired) electrons. The Kier molecular flexibility index (Phi) is 4.00. The minimum Gasteiger partial charge on any atom is -0.507 e. The highest BCUT2D eigenvalue weighted by molar-refractivity contribution is 7.92. The molecular weight excluding hydrogens is 362 g/mol. The van der Waals surface area contributed by atoms with Gasteiger partial charge >= 0.3 is 0 Å². The second kappa shape index (κ2) is 6.25. The third-order valence-electron chi connectivity index (χ3n) is 4.88. The number of benzene rings is 3. The van der Waals surface area contributed by atoms with E-state index in [0.717, 1.165) is 16.7 Å². The van der Waals surface area contributed by atoms with Crippen molar-refractivity contribution < 1.29 is 18.3 Å². The molecule has 0 fully saturated rings. The van der Waals surface area contributed by atoms with Gasteiger partial charge in [-0.3, -0.25) is 9.10 Å². The first-order valence-electron chi connectivity index (χ1n) is 8.46. The predicted octanol–water partition coefficient (Wildman–Crippen LogP) is 4.14. The molecule has 0 saturated heterocycles. The van der Waals surface area contributed by atoms with Gasteiger partial charge in [-0.1, -0.05) is 42.5 Å². The molecule has 1 heterocycles. The van der Waals surface area contributed by atoms with Gasteiger partial charge in [-0.05, 0) is 42.3 Å². The summed E-state index contributed by atoms with van der Waals surface area (Å²) in [5.41, 5.74) is 3.28. The summed E-state index contributed by atoms with van der Waals surface area (Å²) in [6.45, 7) is 1.84. The molecule has 0 amide bonds. The van der Waals surface area contributed by atoms with Crippen LogP contribution in [-0.4, -0.2) is 19.8 Å². The number of carbonyl (C=O) groups is 1. The first-order valence-corrected chi connectivity index (χ1v) is 9.90. The molecule has 0 aromatic heterocycles. The lowest BCUT2D eigenvalue weighted by molar-refractivity contribution is 0.112. The van der Waals surface area contributed by atoms with Crippen LogP contribution in [-0.2, 0) is 10.0 Å². The molecular formula is C21H17NO4S. The summed E-state index contributed by atoms with van der Waals surface area (Å²) >= 11 is 0. The van der Waals surface area contributed by atoms with E-state index >= 15 is 0 Å². The molecule has 0 spiro atoms. The van der Waals surface area contributed by atoms with Crippen LogP contribution in [0.2, 0.25) is 0 Å². The summed E-state index contributed by atoms with van der Waals surface area (Å²) in [6, 6.07) is 18.4. The lowest BCUT2D eigenvalue weighted by Gasteiger charge is -2.37. The fourth-order valence-corrected chi connectivity index (χ4v) is 5.26. The molecule has 136 valence electrons. The summed E-state index contributed by atoms with van der Waals surface area (Å²) in [7, 11) is -3.95. The van der Waals surface area contributed by atoms with E-state index in [4.69, 9.17) is 0 Å². The van der Waals surface area contributed by atoms with E-state index in [1.807, 2.05) is 43.3 Å². The molecule has 3 aromatic rings. The van der Waals surface area contributed by atoms with Crippen LogP contribution in [0.4, 0.5) is 5.69 Å². The number of phenols is 1. The van der Waals surface area contributed by atoms with Crippen molar-refractivity contribution in [1.29, 1.82) is 0 Å². The zero-order valence-corrected chi connectivity index (χ0v) is 15.3. The fourth-order valence-electron chi connectivity index (χ4n) is 3.57. The highest BCUT2D eigenvalue weighted by Crippen LogP contribution is 2.46. The zero-order chi connectivity index (χ0) is 19.2. The largest absolute Gasteiger partial charge is 0.507 e. The van der Waals surface area contributed by atoms with Crippen molar-refractivity contribution in [3.05, 3.63) is 77.9 Å². The first kappa shape index (κ1) is 17.3. The normalized spacial score (nSPS) is 15.7. The van der Waals surface area contributed by atoms with E-state index in [2.05, 4.69) is 0 Å². The molecule has 1 aliphatic rings. The quantitative estimate of drug-likeness (QED) is 0.694. The van der Waals surface area contributed by atoms with E-state index in [0.29, 0.717) is 12.0 Å². The van der Waals surface area contributed by atoms with E-state index in [-0.39, 0.29) is 16.2 Å². The summed E-state index contributed by atoms with van der Waals surface area (Å²) in [4.78, 5) is 11.1. The van der Waals surface area contributed by atoms with Crippen molar-refractivity contribution in [3.63, 3.8) is 0 Å². The number of aldehydes is 1. The molecule has 4 rings (SSSR count). The Morgan fingerprint density at radius 3 is 2.37 bits per heavy atom. The van der Waals surface area contributed by atoms with Gasteiger partial charge in [0, 0.05) is 5.56 Å². The number of hydrogen-bond acceptors (Lipinski definition) is 4. The van der Waals surface area contributed by atoms with Gasteiger partial charge in [0.05, 0.1) is 22.2 Å². The Morgan fingerprint density at radius 2 is 1.63 bits per heavy atom. The molecule has 1 unspecified atom stereocenters. The minimum absolute atomic E-state index is 0.0385. The highest BCUT2D eigenvalue weighted by Gasteiger charge is 2.36. The molecule has 1 N–H and O–H groups in total. The number of aromatic hydroxyl groups is 1. The van der Waals surface area contributed by atoms with Gasteiger partial charge < -0.3 is 5.11 Å². The van der Waals surface area contributed by atoms with E-state index < -0.39 is 16.1 Å². The molecule has 0 saturated carbocycles. The van der Waals surface area contributed by atoms with Gasteiger partial charge in [-0.15, -0.1) is 0 Å². The monoisotopic (exact) mass is 379 g/mol. The number of nitrogens with zero attached hydrogens (tertiary/aromatic N) is 1. The molecule has 1 atom stereocenters. The maximum Gasteiger partial charge on any atom is 0.264 e. The van der Waals surface area contributed by atoms with Gasteiger partial charge in [0.15, 0.2) is 6.29 Å². The summed E-state index contributed by atoms with van der Waals surface area (Å²) < 4.78 is 28.3. The van der Waals surface area contributed by atoms with Crippen molar-refractivity contribution in [2.24, 2.45) is 0 Å². The number of hydrogen-bond donors (Lipinski definition) is 1. The Labute approximate surface area is 157 Å². The van der Waals surface area contributed by atoms with Crippen LogP contribution < -0.4 is 4.31 Å². The Balaban J connectivity index is 1.95. The van der Waals surface area contributed by atoms with Gasteiger partial charge in [0.2, 0.25) is 0 Å². The Morgan fingerprint density at radius 1 is 0.963 bits per heavy atom. The summed E-state index contributed by atoms with van der Waals surface area (Å²) in [5, 5.41) is 9.71. The zero-order valence-electron chi connectivity index (χ0n) is 14.5. The standard InChI is InChI=1S/C21H17NO4S/c1-14-17-6-2-3-7-18(17)19-8-4-5-9-20(19)22(14)27(25,26)16-10-11-21(24)15(12-16)13-23/h2-14,24H,1H3. The van der Waals surface area contributed by atoms with Gasteiger partial charge in [-0.25, -0.2) is 8.42 Å². The minimum atomic E-state index is -3.95. The Hall–Kier alpha value is -3.12. The van der Waals surface area contributed by atoms with Crippen LogP contribution in [0.1, 0.15) is 28.9 Å². The third-order valence-corrected chi connectivity index (χ3v) is 6.76. The summed E-state index contributed by atoms with van der Waals surface area (Å²) in [6.07, 6.45) is 0.442. The van der Waals surface area contributed by atoms with Crippen molar-refractivity contribution in [3.8, 4) is 16.9 Å². The van der Waals surface area contributed by atoms with Gasteiger partial charge in [0.1, 0.15) is 5.75 Å². The van der Waals surface area contributed by atoms with Crippen LogP contribution in [0.15, 0.2) is 71.6 Å². The number of sulfonamides is 1. The average Bonchev–Trinajstić information content (AvgIpc) is 2.68. The third kappa shape index (κ3) is 2.61. The van der Waals surface area contributed by atoms with Crippen LogP contribution in [0.3, 0.4) is 0 Å². The second-order valence-corrected chi connectivity index (χ2v) is 8.23. The molecule has 1 aliphatic heterocycles. The number of carbonyl (C=O) groups excluding carboxylic acids is 1. The molecule has 27 heavy (non-hydrogen) atoms. The number of para-hydroxylation sites is 1. The van der Waals surface area contributed by atoms with Crippen molar-refractivity contribution in [2.75, 3.05) is 4.31 Å². The number of phenolic OH excluding ortho intramolecular Hbond substituents is 1. The molecule has 0 aliphatic carbocycles. The smallest absolute Gasteiger partial charge is 0.264 e. The molecule has 5 nitrogen and oxygen atoms in total. The van der Waals surface area contributed by atoms with Crippen LogP contribution in [0.5, 0.6) is 5.75 Å². The van der Waals surface area contributed by atoms with Gasteiger partial charge in [0.25, 0.3) is 10.0 Å². The average molecular weight is 379 g/mol. The first-order chi connectivity index (χ1) is 12.9. The maximum atomic E-state index is 13.5. The van der Waals surface area contributed by atoms with Crippen molar-refractivity contribution in [1.82, 2.24) is 0 Å². The van der Waals surface area contributed by atoms with Crippen LogP contribution in [0, 0.1) is 0 Å². The number of rotatable bonds is 3. The van der Waals surface area contributed by atoms with Crippen LogP contribution in [0.25, 0.3) is 11.1 Å². The highest BCUT2D eigenvalue weighted by atomic mass is 32.2. The van der Waals surface area contributed by atoms with Crippen LogP contribution >= 0.6 is 0 Å². The van der Waals surface area contributed by atoms with E-state index in [9.17, 15) is 18.3 Å². The fraction of sp³-hybridized carbons (Fsp3) is 0.0952. The second-order valence-electron chi connectivity index (χ2n) is 6.42. The Bertz CT molecular complexity index is 1150.